The summed E-state index contributed by atoms with van der Waals surface area (Å²) in [5.41, 5.74) is 0. The Labute approximate surface area is 104 Å². The van der Waals surface area contributed by atoms with Crippen molar-refractivity contribution in [1.82, 2.24) is 0 Å². The van der Waals surface area contributed by atoms with E-state index in [-0.39, 0.29) is 0 Å². The topological polar surface area (TPSA) is 9.23 Å². The number of alkyl halides is 1. The lowest BCUT2D eigenvalue weighted by atomic mass is 9.85. The van der Waals surface area contributed by atoms with Gasteiger partial charge in [0.2, 0.25) is 0 Å². The second-order valence-corrected chi connectivity index (χ2v) is 5.45. The molecule has 2 fully saturated rings. The highest BCUT2D eigenvalue weighted by atomic mass is 19.1. The molecule has 0 heterocycles. The molecule has 0 unspecified atom stereocenters. The quantitative estimate of drug-likeness (QED) is 0.633. The fourth-order valence-electron chi connectivity index (χ4n) is 2.88. The molecule has 2 saturated carbocycles. The van der Waals surface area contributed by atoms with E-state index >= 15 is 0 Å². The Bertz CT molecular complexity index is 275. The molecule has 0 aromatic carbocycles. The van der Waals surface area contributed by atoms with E-state index in [2.05, 4.69) is 11.8 Å². The highest BCUT2D eigenvalue weighted by Crippen LogP contribution is 2.28. The third kappa shape index (κ3) is 4.00. The van der Waals surface area contributed by atoms with Gasteiger partial charge in [0.1, 0.15) is 6.17 Å². The van der Waals surface area contributed by atoms with Gasteiger partial charge in [-0.15, -0.1) is 0 Å². The SMILES string of the molecule is COC1CCC(C#CC2CCC(F)CC2)CC1. The number of methoxy groups -OCH3 is 1. The van der Waals surface area contributed by atoms with Crippen LogP contribution in [0.3, 0.4) is 0 Å². The first-order valence-electron chi connectivity index (χ1n) is 6.96. The van der Waals surface area contributed by atoms with Crippen LogP contribution in [0.1, 0.15) is 51.4 Å². The third-order valence-corrected chi connectivity index (χ3v) is 4.16. The lowest BCUT2D eigenvalue weighted by molar-refractivity contribution is 0.0636. The summed E-state index contributed by atoms with van der Waals surface area (Å²) in [7, 11) is 1.80. The fourth-order valence-corrected chi connectivity index (χ4v) is 2.88. The van der Waals surface area contributed by atoms with Crippen LogP contribution in [-0.4, -0.2) is 19.4 Å². The molecule has 0 aromatic heterocycles. The maximum atomic E-state index is 13.0. The van der Waals surface area contributed by atoms with Crippen LogP contribution >= 0.6 is 0 Å². The zero-order valence-electron chi connectivity index (χ0n) is 10.8. The first-order valence-corrected chi connectivity index (χ1v) is 6.96. The number of hydrogen-bond acceptors (Lipinski definition) is 1. The molecule has 0 N–H and O–H groups in total. The summed E-state index contributed by atoms with van der Waals surface area (Å²) in [5.74, 6) is 7.83. The van der Waals surface area contributed by atoms with Gasteiger partial charge < -0.3 is 4.74 Å². The van der Waals surface area contributed by atoms with Crippen molar-refractivity contribution in [2.75, 3.05) is 7.11 Å². The standard InChI is InChI=1S/C15H23FO/c1-17-15-10-6-13(7-11-15)3-2-12-4-8-14(16)9-5-12/h12-15H,4-11H2,1H3. The second-order valence-electron chi connectivity index (χ2n) is 5.45. The van der Waals surface area contributed by atoms with Gasteiger partial charge in [0.05, 0.1) is 6.10 Å². The summed E-state index contributed by atoms with van der Waals surface area (Å²) in [5, 5.41) is 0. The Morgan fingerprint density at radius 1 is 0.824 bits per heavy atom. The third-order valence-electron chi connectivity index (χ3n) is 4.16. The molecule has 0 aromatic rings. The van der Waals surface area contributed by atoms with E-state index in [0.717, 1.165) is 38.5 Å². The summed E-state index contributed by atoms with van der Waals surface area (Å²) >= 11 is 0. The maximum Gasteiger partial charge on any atom is 0.100 e. The number of ether oxygens (including phenoxy) is 1. The molecule has 0 amide bonds. The van der Waals surface area contributed by atoms with Crippen molar-refractivity contribution < 1.29 is 9.13 Å². The molecule has 96 valence electrons. The summed E-state index contributed by atoms with van der Waals surface area (Å²) in [4.78, 5) is 0. The Morgan fingerprint density at radius 3 is 1.76 bits per heavy atom. The van der Waals surface area contributed by atoms with E-state index in [1.54, 1.807) is 7.11 Å². The highest BCUT2D eigenvalue weighted by molar-refractivity contribution is 5.09. The Hall–Kier alpha value is -0.550. The van der Waals surface area contributed by atoms with Gasteiger partial charge in [-0.05, 0) is 51.4 Å². The van der Waals surface area contributed by atoms with Crippen LogP contribution in [0.5, 0.6) is 0 Å². The van der Waals surface area contributed by atoms with Crippen LogP contribution in [-0.2, 0) is 4.74 Å². The van der Waals surface area contributed by atoms with Crippen LogP contribution in [0.4, 0.5) is 4.39 Å². The molecule has 0 radical (unpaired) electrons. The molecule has 0 bridgehead atoms. The van der Waals surface area contributed by atoms with Gasteiger partial charge in [0.15, 0.2) is 0 Å². The van der Waals surface area contributed by atoms with Crippen LogP contribution < -0.4 is 0 Å². The molecular formula is C15H23FO. The molecule has 0 aliphatic heterocycles. The number of halogens is 1. The molecule has 0 spiro atoms. The summed E-state index contributed by atoms with van der Waals surface area (Å²) < 4.78 is 18.3. The minimum absolute atomic E-state index is 0.454. The van der Waals surface area contributed by atoms with E-state index in [9.17, 15) is 4.39 Å². The van der Waals surface area contributed by atoms with Gasteiger partial charge in [-0.25, -0.2) is 4.39 Å². The van der Waals surface area contributed by atoms with E-state index in [1.165, 1.54) is 12.8 Å². The van der Waals surface area contributed by atoms with Crippen LogP contribution in [0, 0.1) is 23.7 Å². The lowest BCUT2D eigenvalue weighted by Crippen LogP contribution is -2.19. The first kappa shape index (κ1) is 12.9. The molecule has 17 heavy (non-hydrogen) atoms. The summed E-state index contributed by atoms with van der Waals surface area (Å²) in [6.45, 7) is 0. The van der Waals surface area contributed by atoms with Crippen molar-refractivity contribution in [3.05, 3.63) is 0 Å². The normalized spacial score (nSPS) is 38.2. The average Bonchev–Trinajstić information content (AvgIpc) is 2.39. The van der Waals surface area contributed by atoms with Crippen molar-refractivity contribution in [1.29, 1.82) is 0 Å². The van der Waals surface area contributed by atoms with Gasteiger partial charge in [-0.1, -0.05) is 11.8 Å². The van der Waals surface area contributed by atoms with E-state index in [0.29, 0.717) is 17.9 Å². The van der Waals surface area contributed by atoms with E-state index < -0.39 is 6.17 Å². The Balaban J connectivity index is 1.74. The maximum absolute atomic E-state index is 13.0. The fraction of sp³-hybridized carbons (Fsp3) is 0.867. The molecule has 2 aliphatic rings. The number of hydrogen-bond donors (Lipinski definition) is 0. The average molecular weight is 238 g/mol. The Morgan fingerprint density at radius 2 is 1.29 bits per heavy atom. The number of rotatable bonds is 1. The molecular weight excluding hydrogens is 215 g/mol. The zero-order valence-corrected chi connectivity index (χ0v) is 10.8. The molecule has 2 heteroatoms. The van der Waals surface area contributed by atoms with E-state index in [1.807, 2.05) is 0 Å². The monoisotopic (exact) mass is 238 g/mol. The second kappa shape index (κ2) is 6.40. The van der Waals surface area contributed by atoms with Gasteiger partial charge in [0.25, 0.3) is 0 Å². The van der Waals surface area contributed by atoms with Crippen molar-refractivity contribution in [3.63, 3.8) is 0 Å². The van der Waals surface area contributed by atoms with Crippen molar-refractivity contribution in [2.45, 2.75) is 63.6 Å². The predicted octanol–water partition coefficient (Wildman–Crippen LogP) is 3.72. The Kier molecular flexibility index (Phi) is 4.86. The smallest absolute Gasteiger partial charge is 0.100 e. The summed E-state index contributed by atoms with van der Waals surface area (Å²) in [6, 6.07) is 0. The van der Waals surface area contributed by atoms with E-state index in [4.69, 9.17) is 4.74 Å². The molecule has 2 rings (SSSR count). The van der Waals surface area contributed by atoms with Crippen LogP contribution in [0.2, 0.25) is 0 Å². The largest absolute Gasteiger partial charge is 0.381 e. The summed E-state index contributed by atoms with van der Waals surface area (Å²) in [6.07, 6.45) is 7.88. The lowest BCUT2D eigenvalue weighted by Gasteiger charge is -2.24. The van der Waals surface area contributed by atoms with Gasteiger partial charge in [-0.3, -0.25) is 0 Å². The van der Waals surface area contributed by atoms with Gasteiger partial charge >= 0.3 is 0 Å². The molecule has 0 saturated heterocycles. The highest BCUT2D eigenvalue weighted by Gasteiger charge is 2.21. The zero-order chi connectivity index (χ0) is 12.1. The van der Waals surface area contributed by atoms with Crippen molar-refractivity contribution in [3.8, 4) is 11.8 Å². The van der Waals surface area contributed by atoms with Gasteiger partial charge in [-0.2, -0.15) is 0 Å². The minimum atomic E-state index is -0.565. The minimum Gasteiger partial charge on any atom is -0.381 e. The van der Waals surface area contributed by atoms with Crippen LogP contribution in [0.25, 0.3) is 0 Å². The van der Waals surface area contributed by atoms with Crippen LogP contribution in [0.15, 0.2) is 0 Å². The molecule has 2 aliphatic carbocycles. The van der Waals surface area contributed by atoms with Crippen molar-refractivity contribution >= 4 is 0 Å². The molecule has 1 nitrogen and oxygen atoms in total. The first-order chi connectivity index (χ1) is 8.28. The van der Waals surface area contributed by atoms with Gasteiger partial charge in [0, 0.05) is 18.9 Å². The molecule has 0 atom stereocenters. The van der Waals surface area contributed by atoms with Crippen molar-refractivity contribution in [2.24, 2.45) is 11.8 Å². The predicted molar refractivity (Wildman–Crippen MR) is 67.4 cm³/mol.